The minimum absolute atomic E-state index is 0.156. The first-order chi connectivity index (χ1) is 7.62. The van der Waals surface area contributed by atoms with E-state index in [2.05, 4.69) is 17.1 Å². The molecule has 94 valence electrons. The summed E-state index contributed by atoms with van der Waals surface area (Å²) in [5.74, 6) is 0.683. The van der Waals surface area contributed by atoms with Crippen molar-refractivity contribution < 1.29 is 8.42 Å². The minimum atomic E-state index is -2.82. The van der Waals surface area contributed by atoms with Gasteiger partial charge in [-0.25, -0.2) is 8.42 Å². The van der Waals surface area contributed by atoms with Gasteiger partial charge in [0, 0.05) is 12.1 Å². The standard InChI is InChI=1S/C11H22N2O2S/c1-2-5-12-10-8-16(14,15)9-11(10)13-6-3-4-7-13/h10-12H,2-9H2,1H3/t10-,11-/m1/s1. The Bertz CT molecular complexity index is 323. The molecular formula is C11H22N2O2S. The van der Waals surface area contributed by atoms with Crippen LogP contribution < -0.4 is 5.32 Å². The molecule has 0 radical (unpaired) electrons. The van der Waals surface area contributed by atoms with E-state index in [4.69, 9.17) is 0 Å². The van der Waals surface area contributed by atoms with Crippen LogP contribution in [0.15, 0.2) is 0 Å². The van der Waals surface area contributed by atoms with Gasteiger partial charge in [-0.1, -0.05) is 6.92 Å². The molecule has 0 amide bonds. The lowest BCUT2D eigenvalue weighted by molar-refractivity contribution is 0.227. The molecule has 16 heavy (non-hydrogen) atoms. The summed E-state index contributed by atoms with van der Waals surface area (Å²) in [7, 11) is -2.82. The van der Waals surface area contributed by atoms with Crippen LogP contribution >= 0.6 is 0 Å². The Morgan fingerprint density at radius 2 is 1.94 bits per heavy atom. The second-order valence-corrected chi connectivity index (χ2v) is 7.10. The second-order valence-electron chi connectivity index (χ2n) is 4.95. The first kappa shape index (κ1) is 12.3. The van der Waals surface area contributed by atoms with Crippen molar-refractivity contribution in [2.75, 3.05) is 31.1 Å². The zero-order valence-corrected chi connectivity index (χ0v) is 10.8. The molecule has 0 aromatic rings. The van der Waals surface area contributed by atoms with Gasteiger partial charge in [0.1, 0.15) is 0 Å². The Morgan fingerprint density at radius 1 is 1.25 bits per heavy atom. The smallest absolute Gasteiger partial charge is 0.153 e. The Hall–Kier alpha value is -0.130. The van der Waals surface area contributed by atoms with Crippen molar-refractivity contribution in [1.82, 2.24) is 10.2 Å². The number of sulfone groups is 1. The fourth-order valence-electron chi connectivity index (χ4n) is 2.79. The monoisotopic (exact) mass is 246 g/mol. The molecule has 0 unspecified atom stereocenters. The normalized spacial score (nSPS) is 34.6. The molecule has 2 fully saturated rings. The molecule has 2 heterocycles. The van der Waals surface area contributed by atoms with E-state index >= 15 is 0 Å². The molecule has 0 saturated carbocycles. The molecule has 2 aliphatic rings. The first-order valence-corrected chi connectivity index (χ1v) is 8.12. The zero-order chi connectivity index (χ0) is 11.6. The molecule has 5 heteroatoms. The number of hydrogen-bond acceptors (Lipinski definition) is 4. The van der Waals surface area contributed by atoms with E-state index in [9.17, 15) is 8.42 Å². The maximum Gasteiger partial charge on any atom is 0.153 e. The first-order valence-electron chi connectivity index (χ1n) is 6.30. The highest BCUT2D eigenvalue weighted by Gasteiger charge is 2.40. The molecule has 2 aliphatic heterocycles. The van der Waals surface area contributed by atoms with Gasteiger partial charge in [-0.2, -0.15) is 0 Å². The fraction of sp³-hybridized carbons (Fsp3) is 1.00. The molecule has 2 saturated heterocycles. The van der Waals surface area contributed by atoms with E-state index in [1.165, 1.54) is 12.8 Å². The van der Waals surface area contributed by atoms with Crippen LogP contribution in [0.1, 0.15) is 26.2 Å². The van der Waals surface area contributed by atoms with Crippen molar-refractivity contribution in [3.8, 4) is 0 Å². The number of hydrogen-bond donors (Lipinski definition) is 1. The van der Waals surface area contributed by atoms with Crippen molar-refractivity contribution in [1.29, 1.82) is 0 Å². The fourth-order valence-corrected chi connectivity index (χ4v) is 4.77. The third-order valence-electron chi connectivity index (χ3n) is 3.59. The van der Waals surface area contributed by atoms with Crippen LogP contribution in [-0.2, 0) is 9.84 Å². The van der Waals surface area contributed by atoms with Crippen LogP contribution in [0, 0.1) is 0 Å². The van der Waals surface area contributed by atoms with Crippen LogP contribution in [0.4, 0.5) is 0 Å². The summed E-state index contributed by atoms with van der Waals surface area (Å²) in [4.78, 5) is 2.36. The minimum Gasteiger partial charge on any atom is -0.311 e. The number of likely N-dealkylation sites (tertiary alicyclic amines) is 1. The van der Waals surface area contributed by atoms with Gasteiger partial charge in [0.2, 0.25) is 0 Å². The Labute approximate surface area is 98.3 Å². The summed E-state index contributed by atoms with van der Waals surface area (Å²) in [6.45, 7) is 5.18. The molecule has 0 aromatic carbocycles. The predicted molar refractivity (Wildman–Crippen MR) is 65.3 cm³/mol. The maximum absolute atomic E-state index is 11.7. The number of nitrogens with zero attached hydrogens (tertiary/aromatic N) is 1. The molecule has 2 rings (SSSR count). The van der Waals surface area contributed by atoms with Crippen LogP contribution in [0.2, 0.25) is 0 Å². The van der Waals surface area contributed by atoms with E-state index in [0.717, 1.165) is 26.1 Å². The maximum atomic E-state index is 11.7. The van der Waals surface area contributed by atoms with E-state index < -0.39 is 9.84 Å². The molecule has 0 aliphatic carbocycles. The topological polar surface area (TPSA) is 49.4 Å². The van der Waals surface area contributed by atoms with Gasteiger partial charge in [0.05, 0.1) is 11.5 Å². The average Bonchev–Trinajstić information content (AvgIpc) is 2.81. The largest absolute Gasteiger partial charge is 0.311 e. The van der Waals surface area contributed by atoms with E-state index in [0.29, 0.717) is 11.5 Å². The van der Waals surface area contributed by atoms with Gasteiger partial charge in [-0.3, -0.25) is 4.90 Å². The van der Waals surface area contributed by atoms with Crippen LogP contribution in [-0.4, -0.2) is 56.5 Å². The van der Waals surface area contributed by atoms with Crippen molar-refractivity contribution >= 4 is 9.84 Å². The highest BCUT2D eigenvalue weighted by Crippen LogP contribution is 2.22. The van der Waals surface area contributed by atoms with E-state index in [1.54, 1.807) is 0 Å². The number of nitrogens with one attached hydrogen (secondary N) is 1. The molecule has 4 nitrogen and oxygen atoms in total. The van der Waals surface area contributed by atoms with Crippen molar-refractivity contribution in [2.45, 2.75) is 38.3 Å². The Balaban J connectivity index is 2.01. The van der Waals surface area contributed by atoms with Crippen molar-refractivity contribution in [3.63, 3.8) is 0 Å². The average molecular weight is 246 g/mol. The van der Waals surface area contributed by atoms with Crippen LogP contribution in [0.25, 0.3) is 0 Å². The lowest BCUT2D eigenvalue weighted by Gasteiger charge is -2.28. The van der Waals surface area contributed by atoms with E-state index in [-0.39, 0.29) is 12.1 Å². The van der Waals surface area contributed by atoms with Gasteiger partial charge >= 0.3 is 0 Å². The SMILES string of the molecule is CCCN[C@@H]1CS(=O)(=O)C[C@H]1N1CCCC1. The molecule has 1 N–H and O–H groups in total. The van der Waals surface area contributed by atoms with Gasteiger partial charge in [-0.05, 0) is 38.9 Å². The van der Waals surface area contributed by atoms with Crippen molar-refractivity contribution in [2.24, 2.45) is 0 Å². The summed E-state index contributed by atoms with van der Waals surface area (Å²) in [6, 6.07) is 0.377. The number of rotatable bonds is 4. The molecular weight excluding hydrogens is 224 g/mol. The van der Waals surface area contributed by atoms with Gasteiger partial charge < -0.3 is 5.32 Å². The lowest BCUT2D eigenvalue weighted by atomic mass is 10.1. The quantitative estimate of drug-likeness (QED) is 0.772. The predicted octanol–water partition coefficient (Wildman–Crippen LogP) is 0.247. The molecule has 2 atom stereocenters. The summed E-state index contributed by atoms with van der Waals surface area (Å²) in [5.41, 5.74) is 0. The van der Waals surface area contributed by atoms with E-state index in [1.807, 2.05) is 0 Å². The zero-order valence-electron chi connectivity index (χ0n) is 9.98. The molecule has 0 bridgehead atoms. The summed E-state index contributed by atoms with van der Waals surface area (Å²) >= 11 is 0. The highest BCUT2D eigenvalue weighted by molar-refractivity contribution is 7.91. The molecule has 0 spiro atoms. The summed E-state index contributed by atoms with van der Waals surface area (Å²) in [5, 5.41) is 3.39. The third-order valence-corrected chi connectivity index (χ3v) is 5.31. The van der Waals surface area contributed by atoms with Gasteiger partial charge in [0.15, 0.2) is 9.84 Å². The van der Waals surface area contributed by atoms with Gasteiger partial charge in [-0.15, -0.1) is 0 Å². The Kier molecular flexibility index (Phi) is 3.87. The van der Waals surface area contributed by atoms with Crippen molar-refractivity contribution in [3.05, 3.63) is 0 Å². The lowest BCUT2D eigenvalue weighted by Crippen LogP contribution is -2.48. The summed E-state index contributed by atoms with van der Waals surface area (Å²) < 4.78 is 23.4. The second kappa shape index (κ2) is 5.02. The summed E-state index contributed by atoms with van der Waals surface area (Å²) in [6.07, 6.45) is 3.50. The van der Waals surface area contributed by atoms with Gasteiger partial charge in [0.25, 0.3) is 0 Å². The van der Waals surface area contributed by atoms with Crippen LogP contribution in [0.5, 0.6) is 0 Å². The molecule has 0 aromatic heterocycles. The Morgan fingerprint density at radius 3 is 2.56 bits per heavy atom. The highest BCUT2D eigenvalue weighted by atomic mass is 32.2. The van der Waals surface area contributed by atoms with Crippen LogP contribution in [0.3, 0.4) is 0 Å². The third kappa shape index (κ3) is 2.76.